The van der Waals surface area contributed by atoms with Crippen molar-refractivity contribution in [1.29, 1.82) is 0 Å². The number of amides is 1. The minimum Gasteiger partial charge on any atom is -0.348 e. The molecule has 1 aromatic heterocycles. The third kappa shape index (κ3) is 4.55. The second-order valence-electron chi connectivity index (χ2n) is 6.17. The van der Waals surface area contributed by atoms with Crippen LogP contribution in [-0.4, -0.2) is 15.7 Å². The van der Waals surface area contributed by atoms with Crippen LogP contribution in [0.15, 0.2) is 60.8 Å². The topological polar surface area (TPSA) is 46.9 Å². The molecule has 27 heavy (non-hydrogen) atoms. The van der Waals surface area contributed by atoms with E-state index in [0.717, 1.165) is 17.7 Å². The molecule has 0 bridgehead atoms. The molecule has 140 valence electrons. The highest BCUT2D eigenvalue weighted by molar-refractivity contribution is 5.95. The lowest BCUT2D eigenvalue weighted by molar-refractivity contribution is -0.137. The van der Waals surface area contributed by atoms with E-state index in [0.29, 0.717) is 23.4 Å². The van der Waals surface area contributed by atoms with Gasteiger partial charge in [0.25, 0.3) is 5.91 Å². The molecule has 2 aromatic carbocycles. The number of hydrogen-bond donors (Lipinski definition) is 1. The number of benzene rings is 2. The lowest BCUT2D eigenvalue weighted by Crippen LogP contribution is -2.23. The molecule has 0 aliphatic carbocycles. The van der Waals surface area contributed by atoms with Gasteiger partial charge in [-0.25, -0.2) is 0 Å². The van der Waals surface area contributed by atoms with Gasteiger partial charge < -0.3 is 5.32 Å². The van der Waals surface area contributed by atoms with Gasteiger partial charge in [0.05, 0.1) is 23.9 Å². The number of carbonyl (C=O) groups excluding carboxylic acids is 1. The van der Waals surface area contributed by atoms with Crippen LogP contribution in [0.1, 0.15) is 32.7 Å². The molecule has 4 nitrogen and oxygen atoms in total. The Morgan fingerprint density at radius 2 is 1.78 bits per heavy atom. The van der Waals surface area contributed by atoms with Gasteiger partial charge in [0.2, 0.25) is 0 Å². The highest BCUT2D eigenvalue weighted by Gasteiger charge is 2.30. The maximum atomic E-state index is 12.8. The minimum absolute atomic E-state index is 0.00601. The van der Waals surface area contributed by atoms with Crippen LogP contribution in [0.25, 0.3) is 0 Å². The zero-order valence-electron chi connectivity index (χ0n) is 14.6. The summed E-state index contributed by atoms with van der Waals surface area (Å²) in [5, 5.41) is 6.89. The van der Waals surface area contributed by atoms with Crippen molar-refractivity contribution in [2.45, 2.75) is 26.2 Å². The first-order chi connectivity index (χ1) is 12.8. The molecule has 1 heterocycles. The second-order valence-corrected chi connectivity index (χ2v) is 6.17. The Hall–Kier alpha value is -3.09. The molecule has 1 N–H and O–H groups in total. The summed E-state index contributed by atoms with van der Waals surface area (Å²) in [4.78, 5) is 12.4. The summed E-state index contributed by atoms with van der Waals surface area (Å²) < 4.78 is 40.0. The van der Waals surface area contributed by atoms with Gasteiger partial charge in [0.1, 0.15) is 0 Å². The predicted octanol–water partition coefficient (Wildman–Crippen LogP) is 4.19. The molecule has 0 fully saturated rings. The monoisotopic (exact) mass is 373 g/mol. The summed E-state index contributed by atoms with van der Waals surface area (Å²) in [5.74, 6) is -0.371. The fourth-order valence-electron chi connectivity index (χ4n) is 2.72. The molecule has 0 aliphatic heterocycles. The minimum atomic E-state index is -4.41. The third-order valence-electron chi connectivity index (χ3n) is 4.23. The molecule has 3 rings (SSSR count). The number of rotatable bonds is 5. The van der Waals surface area contributed by atoms with Crippen molar-refractivity contribution in [3.8, 4) is 0 Å². The first-order valence-electron chi connectivity index (χ1n) is 8.35. The van der Waals surface area contributed by atoms with Crippen molar-refractivity contribution < 1.29 is 18.0 Å². The molecule has 0 saturated carbocycles. The second kappa shape index (κ2) is 7.65. The summed E-state index contributed by atoms with van der Waals surface area (Å²) in [6, 6.07) is 14.6. The summed E-state index contributed by atoms with van der Waals surface area (Å²) in [6.07, 6.45) is -2.94. The van der Waals surface area contributed by atoms with Crippen molar-refractivity contribution in [3.05, 3.63) is 88.7 Å². The smallest absolute Gasteiger partial charge is 0.348 e. The summed E-state index contributed by atoms with van der Waals surface area (Å²) in [7, 11) is 0. The van der Waals surface area contributed by atoms with Gasteiger partial charge in [-0.3, -0.25) is 9.48 Å². The molecule has 3 aromatic rings. The van der Waals surface area contributed by atoms with Crippen molar-refractivity contribution >= 4 is 5.91 Å². The number of alkyl halides is 3. The molecule has 7 heteroatoms. The molecule has 0 radical (unpaired) electrons. The average molecular weight is 373 g/mol. The van der Waals surface area contributed by atoms with E-state index in [1.54, 1.807) is 17.7 Å². The maximum Gasteiger partial charge on any atom is 0.416 e. The van der Waals surface area contributed by atoms with Crippen molar-refractivity contribution in [1.82, 2.24) is 15.1 Å². The summed E-state index contributed by atoms with van der Waals surface area (Å²) >= 11 is 0. The first-order valence-corrected chi connectivity index (χ1v) is 8.35. The fraction of sp³-hybridized carbons (Fsp3) is 0.200. The van der Waals surface area contributed by atoms with E-state index < -0.39 is 11.7 Å². The number of aromatic nitrogens is 2. The molecular formula is C20H18F3N3O. The Kier molecular flexibility index (Phi) is 5.30. The van der Waals surface area contributed by atoms with Crippen molar-refractivity contribution in [3.63, 3.8) is 0 Å². The van der Waals surface area contributed by atoms with E-state index in [2.05, 4.69) is 10.4 Å². The van der Waals surface area contributed by atoms with E-state index in [1.165, 1.54) is 12.3 Å². The van der Waals surface area contributed by atoms with Crippen LogP contribution in [0.5, 0.6) is 0 Å². The fourth-order valence-corrected chi connectivity index (χ4v) is 2.72. The maximum absolute atomic E-state index is 12.8. The van der Waals surface area contributed by atoms with Crippen LogP contribution in [0.3, 0.4) is 0 Å². The van der Waals surface area contributed by atoms with Crippen LogP contribution in [0.4, 0.5) is 13.2 Å². The molecule has 0 atom stereocenters. The van der Waals surface area contributed by atoms with E-state index in [9.17, 15) is 18.0 Å². The van der Waals surface area contributed by atoms with Gasteiger partial charge in [0.15, 0.2) is 0 Å². The summed E-state index contributed by atoms with van der Waals surface area (Å²) in [6.45, 7) is 2.33. The SMILES string of the molecule is Cc1c(C(=O)NCc2cccc(C(F)(F)F)c2)cnn1Cc1ccccc1. The van der Waals surface area contributed by atoms with Crippen LogP contribution in [0, 0.1) is 6.92 Å². The Morgan fingerprint density at radius 3 is 2.48 bits per heavy atom. The highest BCUT2D eigenvalue weighted by atomic mass is 19.4. The first kappa shape index (κ1) is 18.7. The number of hydrogen-bond acceptors (Lipinski definition) is 2. The highest BCUT2D eigenvalue weighted by Crippen LogP contribution is 2.29. The zero-order valence-corrected chi connectivity index (χ0v) is 14.6. The number of halogens is 3. The van der Waals surface area contributed by atoms with Crippen LogP contribution in [0.2, 0.25) is 0 Å². The molecular weight excluding hydrogens is 355 g/mol. The van der Waals surface area contributed by atoms with E-state index in [1.807, 2.05) is 30.3 Å². The third-order valence-corrected chi connectivity index (χ3v) is 4.23. The number of carbonyl (C=O) groups is 1. The number of nitrogens with zero attached hydrogens (tertiary/aromatic N) is 2. The predicted molar refractivity (Wildman–Crippen MR) is 95.1 cm³/mol. The normalized spacial score (nSPS) is 11.4. The van der Waals surface area contributed by atoms with Crippen molar-refractivity contribution in [2.75, 3.05) is 0 Å². The van der Waals surface area contributed by atoms with E-state index in [-0.39, 0.29) is 12.5 Å². The van der Waals surface area contributed by atoms with E-state index >= 15 is 0 Å². The van der Waals surface area contributed by atoms with Gasteiger partial charge in [-0.1, -0.05) is 42.5 Å². The summed E-state index contributed by atoms with van der Waals surface area (Å²) in [5.41, 5.74) is 1.80. The van der Waals surface area contributed by atoms with Gasteiger partial charge in [-0.2, -0.15) is 18.3 Å². The Labute approximate surface area is 154 Å². The van der Waals surface area contributed by atoms with Gasteiger partial charge >= 0.3 is 6.18 Å². The zero-order chi connectivity index (χ0) is 19.4. The van der Waals surface area contributed by atoms with E-state index in [4.69, 9.17) is 0 Å². The molecule has 0 saturated heterocycles. The van der Waals surface area contributed by atoms with Crippen LogP contribution < -0.4 is 5.32 Å². The quantitative estimate of drug-likeness (QED) is 0.729. The largest absolute Gasteiger partial charge is 0.416 e. The Balaban J connectivity index is 1.67. The molecule has 0 unspecified atom stereocenters. The van der Waals surface area contributed by atoms with Crippen LogP contribution in [-0.2, 0) is 19.3 Å². The lowest BCUT2D eigenvalue weighted by atomic mass is 10.1. The van der Waals surface area contributed by atoms with Crippen LogP contribution >= 0.6 is 0 Å². The lowest BCUT2D eigenvalue weighted by Gasteiger charge is -2.10. The van der Waals surface area contributed by atoms with Gasteiger partial charge in [-0.05, 0) is 30.2 Å². The molecule has 1 amide bonds. The number of nitrogens with one attached hydrogen (secondary N) is 1. The Bertz CT molecular complexity index is 933. The van der Waals surface area contributed by atoms with Gasteiger partial charge in [-0.15, -0.1) is 0 Å². The Morgan fingerprint density at radius 1 is 1.07 bits per heavy atom. The molecule has 0 spiro atoms. The molecule has 0 aliphatic rings. The van der Waals surface area contributed by atoms with Crippen molar-refractivity contribution in [2.24, 2.45) is 0 Å². The standard InChI is InChI=1S/C20H18F3N3O/c1-14-18(12-25-26(14)13-15-6-3-2-4-7-15)19(27)24-11-16-8-5-9-17(10-16)20(21,22)23/h2-10,12H,11,13H2,1H3,(H,24,27). The average Bonchev–Trinajstić information content (AvgIpc) is 3.01. The van der Waals surface area contributed by atoms with Gasteiger partial charge in [0, 0.05) is 12.2 Å².